The molecule has 5 nitrogen and oxygen atoms in total. The van der Waals surface area contributed by atoms with E-state index in [0.717, 1.165) is 18.8 Å². The highest BCUT2D eigenvalue weighted by Crippen LogP contribution is 2.25. The number of hydrogen-bond donors (Lipinski definition) is 1. The Morgan fingerprint density at radius 3 is 2.89 bits per heavy atom. The van der Waals surface area contributed by atoms with Crippen molar-refractivity contribution in [1.82, 2.24) is 4.90 Å². The monoisotopic (exact) mass is 259 g/mol. The van der Waals surface area contributed by atoms with Gasteiger partial charge in [0.2, 0.25) is 0 Å². The Hall–Kier alpha value is -2.06. The summed E-state index contributed by atoms with van der Waals surface area (Å²) < 4.78 is 0. The minimum Gasteiger partial charge on any atom is -0.481 e. The van der Waals surface area contributed by atoms with E-state index in [1.54, 1.807) is 6.07 Å². The average molecular weight is 259 g/mol. The van der Waals surface area contributed by atoms with Crippen molar-refractivity contribution < 1.29 is 9.90 Å². The molecule has 0 bridgehead atoms. The van der Waals surface area contributed by atoms with Gasteiger partial charge in [-0.2, -0.15) is 5.26 Å². The fraction of sp³-hybridized carbons (Fsp3) is 0.429. The van der Waals surface area contributed by atoms with Gasteiger partial charge in [-0.25, -0.2) is 0 Å². The SMILES string of the molecule is CN1CCN(c2ccccc2C#N)C(CC(=O)O)C1. The third-order valence-electron chi connectivity index (χ3n) is 3.43. The van der Waals surface area contributed by atoms with Gasteiger partial charge in [0.1, 0.15) is 6.07 Å². The molecule has 1 N–H and O–H groups in total. The standard InChI is InChI=1S/C14H17N3O2/c1-16-6-7-17(12(10-16)8-14(18)19)13-5-3-2-4-11(13)9-15/h2-5,12H,6-8,10H2,1H3,(H,18,19). The van der Waals surface area contributed by atoms with Crippen molar-refractivity contribution in [3.8, 4) is 6.07 Å². The van der Waals surface area contributed by atoms with Gasteiger partial charge in [0.25, 0.3) is 0 Å². The number of rotatable bonds is 3. The number of piperazine rings is 1. The van der Waals surface area contributed by atoms with Gasteiger partial charge in [-0.1, -0.05) is 12.1 Å². The number of carboxylic acid groups (broad SMARTS) is 1. The molecule has 1 aliphatic heterocycles. The summed E-state index contributed by atoms with van der Waals surface area (Å²) in [5, 5.41) is 18.2. The second-order valence-electron chi connectivity index (χ2n) is 4.84. The number of nitriles is 1. The predicted molar refractivity (Wildman–Crippen MR) is 72.0 cm³/mol. The zero-order valence-electron chi connectivity index (χ0n) is 10.9. The summed E-state index contributed by atoms with van der Waals surface area (Å²) in [7, 11) is 1.99. The first-order chi connectivity index (χ1) is 9.11. The van der Waals surface area contributed by atoms with Crippen LogP contribution in [-0.2, 0) is 4.79 Å². The second-order valence-corrected chi connectivity index (χ2v) is 4.84. The lowest BCUT2D eigenvalue weighted by Crippen LogP contribution is -2.53. The Morgan fingerprint density at radius 2 is 2.21 bits per heavy atom. The maximum Gasteiger partial charge on any atom is 0.305 e. The van der Waals surface area contributed by atoms with Gasteiger partial charge in [0, 0.05) is 19.6 Å². The molecular formula is C14H17N3O2. The van der Waals surface area contributed by atoms with Gasteiger partial charge in [-0.05, 0) is 19.2 Å². The van der Waals surface area contributed by atoms with E-state index in [4.69, 9.17) is 10.4 Å². The van der Waals surface area contributed by atoms with Crippen molar-refractivity contribution in [1.29, 1.82) is 5.26 Å². The molecule has 1 aliphatic rings. The Kier molecular flexibility index (Phi) is 4.03. The Labute approximate surface area is 112 Å². The first-order valence-corrected chi connectivity index (χ1v) is 6.28. The number of hydrogen-bond acceptors (Lipinski definition) is 4. The van der Waals surface area contributed by atoms with Gasteiger partial charge < -0.3 is 14.9 Å². The number of benzene rings is 1. The molecule has 0 amide bonds. The fourth-order valence-electron chi connectivity index (χ4n) is 2.52. The third-order valence-corrected chi connectivity index (χ3v) is 3.43. The van der Waals surface area contributed by atoms with Crippen LogP contribution >= 0.6 is 0 Å². The lowest BCUT2D eigenvalue weighted by molar-refractivity contribution is -0.137. The highest BCUT2D eigenvalue weighted by molar-refractivity contribution is 5.69. The maximum absolute atomic E-state index is 11.0. The van der Waals surface area contributed by atoms with Crippen LogP contribution in [0, 0.1) is 11.3 Å². The van der Waals surface area contributed by atoms with Crippen molar-refractivity contribution in [3.63, 3.8) is 0 Å². The summed E-state index contributed by atoms with van der Waals surface area (Å²) in [6.45, 7) is 2.31. The van der Waals surface area contributed by atoms with Crippen LogP contribution in [0.4, 0.5) is 5.69 Å². The minimum atomic E-state index is -0.806. The topological polar surface area (TPSA) is 67.6 Å². The van der Waals surface area contributed by atoms with Crippen molar-refractivity contribution in [2.45, 2.75) is 12.5 Å². The minimum absolute atomic E-state index is 0.0874. The normalized spacial score (nSPS) is 20.0. The quantitative estimate of drug-likeness (QED) is 0.882. The number of carbonyl (C=O) groups is 1. The van der Waals surface area contributed by atoms with Gasteiger partial charge >= 0.3 is 5.97 Å². The van der Waals surface area contributed by atoms with Crippen LogP contribution in [0.2, 0.25) is 0 Å². The first-order valence-electron chi connectivity index (χ1n) is 6.28. The van der Waals surface area contributed by atoms with E-state index in [2.05, 4.69) is 11.0 Å². The Balaban J connectivity index is 2.29. The Bertz CT molecular complexity index is 510. The molecule has 1 aromatic rings. The summed E-state index contributed by atoms with van der Waals surface area (Å²) in [6.07, 6.45) is 0.0874. The van der Waals surface area contributed by atoms with E-state index in [1.807, 2.05) is 30.1 Å². The molecule has 100 valence electrons. The molecule has 1 saturated heterocycles. The maximum atomic E-state index is 11.0. The molecule has 0 spiro atoms. The molecule has 0 saturated carbocycles. The second kappa shape index (κ2) is 5.72. The molecule has 1 aromatic carbocycles. The molecule has 1 unspecified atom stereocenters. The third kappa shape index (κ3) is 3.04. The van der Waals surface area contributed by atoms with E-state index >= 15 is 0 Å². The molecule has 0 aromatic heterocycles. The molecule has 1 fully saturated rings. The summed E-state index contributed by atoms with van der Waals surface area (Å²) in [5.74, 6) is -0.806. The number of aliphatic carboxylic acids is 1. The lowest BCUT2D eigenvalue weighted by Gasteiger charge is -2.41. The van der Waals surface area contributed by atoms with Crippen LogP contribution in [0.15, 0.2) is 24.3 Å². The molecule has 1 atom stereocenters. The van der Waals surface area contributed by atoms with Gasteiger partial charge in [-0.3, -0.25) is 4.79 Å². The van der Waals surface area contributed by atoms with E-state index < -0.39 is 5.97 Å². The van der Waals surface area contributed by atoms with Crippen molar-refractivity contribution in [3.05, 3.63) is 29.8 Å². The van der Waals surface area contributed by atoms with Crippen molar-refractivity contribution in [2.75, 3.05) is 31.6 Å². The van der Waals surface area contributed by atoms with Crippen LogP contribution in [0.5, 0.6) is 0 Å². The molecule has 5 heteroatoms. The molecule has 0 aliphatic carbocycles. The van der Waals surface area contributed by atoms with Gasteiger partial charge in [0.05, 0.1) is 23.7 Å². The Morgan fingerprint density at radius 1 is 1.47 bits per heavy atom. The summed E-state index contributed by atoms with van der Waals surface area (Å²) >= 11 is 0. The van der Waals surface area contributed by atoms with Crippen LogP contribution in [0.1, 0.15) is 12.0 Å². The van der Waals surface area contributed by atoms with Gasteiger partial charge in [-0.15, -0.1) is 0 Å². The lowest BCUT2D eigenvalue weighted by atomic mass is 10.1. The van der Waals surface area contributed by atoms with Crippen LogP contribution in [0.3, 0.4) is 0 Å². The van der Waals surface area contributed by atoms with Crippen LogP contribution in [0.25, 0.3) is 0 Å². The van der Waals surface area contributed by atoms with E-state index in [9.17, 15) is 4.79 Å². The van der Waals surface area contributed by atoms with E-state index in [1.165, 1.54) is 0 Å². The smallest absolute Gasteiger partial charge is 0.305 e. The number of nitrogens with zero attached hydrogens (tertiary/aromatic N) is 3. The van der Waals surface area contributed by atoms with Gasteiger partial charge in [0.15, 0.2) is 0 Å². The number of carboxylic acids is 1. The van der Waals surface area contributed by atoms with Crippen LogP contribution < -0.4 is 4.90 Å². The number of likely N-dealkylation sites (N-methyl/N-ethyl adjacent to an activating group) is 1. The van der Waals surface area contributed by atoms with Crippen LogP contribution in [-0.4, -0.2) is 48.7 Å². The molecule has 19 heavy (non-hydrogen) atoms. The zero-order chi connectivity index (χ0) is 13.8. The van der Waals surface area contributed by atoms with Crippen molar-refractivity contribution >= 4 is 11.7 Å². The summed E-state index contributed by atoms with van der Waals surface area (Å²) in [5.41, 5.74) is 1.44. The van der Waals surface area contributed by atoms with E-state index in [-0.39, 0.29) is 12.5 Å². The molecular weight excluding hydrogens is 242 g/mol. The molecule has 0 radical (unpaired) electrons. The fourth-order valence-corrected chi connectivity index (χ4v) is 2.52. The van der Waals surface area contributed by atoms with Crippen molar-refractivity contribution in [2.24, 2.45) is 0 Å². The average Bonchev–Trinajstić information content (AvgIpc) is 2.38. The summed E-state index contributed by atoms with van der Waals surface area (Å²) in [4.78, 5) is 15.2. The largest absolute Gasteiger partial charge is 0.481 e. The zero-order valence-corrected chi connectivity index (χ0v) is 10.9. The highest BCUT2D eigenvalue weighted by Gasteiger charge is 2.28. The molecule has 1 heterocycles. The highest BCUT2D eigenvalue weighted by atomic mass is 16.4. The summed E-state index contributed by atoms with van der Waals surface area (Å²) in [6, 6.07) is 9.45. The molecule has 2 rings (SSSR count). The first kappa shape index (κ1) is 13.4. The van der Waals surface area contributed by atoms with E-state index in [0.29, 0.717) is 12.1 Å². The number of anilines is 1. The number of para-hydroxylation sites is 1. The predicted octanol–water partition coefficient (Wildman–Crippen LogP) is 1.15.